The van der Waals surface area contributed by atoms with E-state index < -0.39 is 0 Å². The summed E-state index contributed by atoms with van der Waals surface area (Å²) in [5.41, 5.74) is 1.68. The van der Waals surface area contributed by atoms with E-state index in [4.69, 9.17) is 5.10 Å². The van der Waals surface area contributed by atoms with Gasteiger partial charge in [-0.3, -0.25) is 4.68 Å². The summed E-state index contributed by atoms with van der Waals surface area (Å²) in [7, 11) is 0. The lowest BCUT2D eigenvalue weighted by Crippen LogP contribution is -2.36. The van der Waals surface area contributed by atoms with E-state index in [-0.39, 0.29) is 0 Å². The van der Waals surface area contributed by atoms with Crippen LogP contribution in [0.3, 0.4) is 0 Å². The minimum atomic E-state index is 0.400. The Labute approximate surface area is 123 Å². The average Bonchev–Trinajstić information content (AvgIpc) is 3.34. The van der Waals surface area contributed by atoms with Crippen LogP contribution in [0.2, 0.25) is 0 Å². The molecule has 2 aliphatic carbocycles. The maximum atomic E-state index is 4.81. The lowest BCUT2D eigenvalue weighted by molar-refractivity contribution is 0.251. The van der Waals surface area contributed by atoms with Gasteiger partial charge in [0, 0.05) is 24.8 Å². The third kappa shape index (κ3) is 3.25. The fraction of sp³-hybridized carbons (Fsp3) is 0.824. The Kier molecular flexibility index (Phi) is 3.89. The molecule has 3 heteroatoms. The molecule has 1 aromatic rings. The van der Waals surface area contributed by atoms with E-state index in [2.05, 4.69) is 43.0 Å². The first kappa shape index (κ1) is 14.1. The van der Waals surface area contributed by atoms with Crippen LogP contribution in [0.15, 0.2) is 12.3 Å². The standard InChI is InChI=1S/C17H29N3/c1-4-13(2)20-10-9-16(19-20)11-17(3,14-5-6-14)12-18-15-7-8-15/h9-10,13-15,18H,4-8,11-12H2,1-3H3. The third-order valence-corrected chi connectivity index (χ3v) is 5.23. The molecule has 0 amide bonds. The molecule has 0 bridgehead atoms. The molecule has 0 saturated heterocycles. The minimum absolute atomic E-state index is 0.400. The molecule has 2 fully saturated rings. The molecule has 1 aromatic heterocycles. The van der Waals surface area contributed by atoms with Crippen molar-refractivity contribution in [2.75, 3.05) is 6.54 Å². The summed E-state index contributed by atoms with van der Waals surface area (Å²) in [6.45, 7) is 8.09. The zero-order chi connectivity index (χ0) is 14.2. The summed E-state index contributed by atoms with van der Waals surface area (Å²) in [5, 5.41) is 8.55. The highest BCUT2D eigenvalue weighted by molar-refractivity contribution is 5.07. The highest BCUT2D eigenvalue weighted by Crippen LogP contribution is 2.47. The summed E-state index contributed by atoms with van der Waals surface area (Å²) in [4.78, 5) is 0. The first-order valence-corrected chi connectivity index (χ1v) is 8.38. The summed E-state index contributed by atoms with van der Waals surface area (Å²) in [5.74, 6) is 0.905. The highest BCUT2D eigenvalue weighted by atomic mass is 15.3. The van der Waals surface area contributed by atoms with Gasteiger partial charge in [0.25, 0.3) is 0 Å². The van der Waals surface area contributed by atoms with E-state index in [1.165, 1.54) is 37.9 Å². The van der Waals surface area contributed by atoms with Gasteiger partial charge in [-0.05, 0) is 62.8 Å². The second-order valence-corrected chi connectivity index (χ2v) is 7.30. The van der Waals surface area contributed by atoms with Gasteiger partial charge in [-0.1, -0.05) is 13.8 Å². The predicted octanol–water partition coefficient (Wildman–Crippen LogP) is 3.56. The quantitative estimate of drug-likeness (QED) is 0.786. The molecule has 0 aliphatic heterocycles. The van der Waals surface area contributed by atoms with E-state index in [0.29, 0.717) is 11.5 Å². The lowest BCUT2D eigenvalue weighted by Gasteiger charge is -2.29. The monoisotopic (exact) mass is 275 g/mol. The number of hydrogen-bond acceptors (Lipinski definition) is 2. The van der Waals surface area contributed by atoms with Crippen molar-refractivity contribution in [1.29, 1.82) is 0 Å². The van der Waals surface area contributed by atoms with Crippen LogP contribution in [0.1, 0.15) is 64.6 Å². The van der Waals surface area contributed by atoms with Crippen LogP contribution in [0.4, 0.5) is 0 Å². The zero-order valence-electron chi connectivity index (χ0n) is 13.2. The van der Waals surface area contributed by atoms with Gasteiger partial charge in [0.05, 0.1) is 5.69 Å². The van der Waals surface area contributed by atoms with E-state index in [1.54, 1.807) is 0 Å². The van der Waals surface area contributed by atoms with Crippen LogP contribution in [-0.2, 0) is 6.42 Å². The Morgan fingerprint density at radius 1 is 1.40 bits per heavy atom. The van der Waals surface area contributed by atoms with Crippen LogP contribution in [0, 0.1) is 11.3 Å². The van der Waals surface area contributed by atoms with Crippen LogP contribution < -0.4 is 5.32 Å². The number of aromatic nitrogens is 2. The van der Waals surface area contributed by atoms with Crippen LogP contribution in [-0.4, -0.2) is 22.4 Å². The summed E-state index contributed by atoms with van der Waals surface area (Å²) >= 11 is 0. The van der Waals surface area contributed by atoms with Gasteiger partial charge in [-0.2, -0.15) is 5.10 Å². The zero-order valence-corrected chi connectivity index (χ0v) is 13.2. The molecule has 3 rings (SSSR count). The Morgan fingerprint density at radius 3 is 2.75 bits per heavy atom. The first-order valence-electron chi connectivity index (χ1n) is 8.38. The van der Waals surface area contributed by atoms with Crippen molar-refractivity contribution in [1.82, 2.24) is 15.1 Å². The van der Waals surface area contributed by atoms with Crippen LogP contribution >= 0.6 is 0 Å². The topological polar surface area (TPSA) is 29.9 Å². The summed E-state index contributed by atoms with van der Waals surface area (Å²) in [6, 6.07) is 3.55. The Bertz CT molecular complexity index is 445. The Hall–Kier alpha value is -0.830. The lowest BCUT2D eigenvalue weighted by atomic mass is 9.80. The van der Waals surface area contributed by atoms with Crippen LogP contribution in [0.5, 0.6) is 0 Å². The first-order chi connectivity index (χ1) is 9.60. The molecule has 20 heavy (non-hydrogen) atoms. The van der Waals surface area contributed by atoms with Crippen molar-refractivity contribution in [2.45, 2.75) is 71.4 Å². The van der Waals surface area contributed by atoms with Crippen molar-refractivity contribution < 1.29 is 0 Å². The van der Waals surface area contributed by atoms with Gasteiger partial charge in [0.2, 0.25) is 0 Å². The van der Waals surface area contributed by atoms with Gasteiger partial charge in [0.15, 0.2) is 0 Å². The number of nitrogens with zero attached hydrogens (tertiary/aromatic N) is 2. The van der Waals surface area contributed by atoms with Gasteiger partial charge >= 0.3 is 0 Å². The van der Waals surface area contributed by atoms with Gasteiger partial charge < -0.3 is 5.32 Å². The second-order valence-electron chi connectivity index (χ2n) is 7.30. The molecule has 3 nitrogen and oxygen atoms in total. The van der Waals surface area contributed by atoms with Gasteiger partial charge in [-0.25, -0.2) is 0 Å². The molecule has 0 radical (unpaired) electrons. The minimum Gasteiger partial charge on any atom is -0.313 e. The van der Waals surface area contributed by atoms with Crippen molar-refractivity contribution in [3.63, 3.8) is 0 Å². The van der Waals surface area contributed by atoms with Gasteiger partial charge in [0.1, 0.15) is 0 Å². The van der Waals surface area contributed by atoms with Crippen molar-refractivity contribution in [3.8, 4) is 0 Å². The molecular formula is C17H29N3. The van der Waals surface area contributed by atoms with Crippen LogP contribution in [0.25, 0.3) is 0 Å². The Morgan fingerprint density at radius 2 is 2.15 bits per heavy atom. The second kappa shape index (κ2) is 5.51. The third-order valence-electron chi connectivity index (χ3n) is 5.23. The summed E-state index contributed by atoms with van der Waals surface area (Å²) < 4.78 is 2.14. The maximum Gasteiger partial charge on any atom is 0.0630 e. The van der Waals surface area contributed by atoms with Crippen molar-refractivity contribution in [2.24, 2.45) is 11.3 Å². The molecule has 1 heterocycles. The molecule has 2 aliphatic rings. The fourth-order valence-corrected chi connectivity index (χ4v) is 3.11. The maximum absolute atomic E-state index is 4.81. The molecule has 0 aromatic carbocycles. The molecule has 1 N–H and O–H groups in total. The smallest absolute Gasteiger partial charge is 0.0630 e. The number of rotatable bonds is 8. The predicted molar refractivity (Wildman–Crippen MR) is 82.8 cm³/mol. The van der Waals surface area contributed by atoms with E-state index in [0.717, 1.165) is 24.8 Å². The van der Waals surface area contributed by atoms with E-state index in [9.17, 15) is 0 Å². The molecular weight excluding hydrogens is 246 g/mol. The SMILES string of the molecule is CCC(C)n1ccc(CC(C)(CNC2CC2)C2CC2)n1. The number of nitrogens with one attached hydrogen (secondary N) is 1. The van der Waals surface area contributed by atoms with Gasteiger partial charge in [-0.15, -0.1) is 0 Å². The molecule has 2 atom stereocenters. The Balaban J connectivity index is 1.64. The summed E-state index contributed by atoms with van der Waals surface area (Å²) in [6.07, 6.45) is 10.0. The van der Waals surface area contributed by atoms with Crippen molar-refractivity contribution in [3.05, 3.63) is 18.0 Å². The van der Waals surface area contributed by atoms with E-state index in [1.807, 2.05) is 0 Å². The number of hydrogen-bond donors (Lipinski definition) is 1. The molecule has 2 unspecified atom stereocenters. The average molecular weight is 275 g/mol. The molecule has 2 saturated carbocycles. The molecule has 112 valence electrons. The highest BCUT2D eigenvalue weighted by Gasteiger charge is 2.42. The van der Waals surface area contributed by atoms with Crippen molar-refractivity contribution >= 4 is 0 Å². The normalized spacial score (nSPS) is 23.6. The molecule has 0 spiro atoms. The fourth-order valence-electron chi connectivity index (χ4n) is 3.11. The van der Waals surface area contributed by atoms with E-state index >= 15 is 0 Å². The largest absolute Gasteiger partial charge is 0.313 e.